The van der Waals surface area contributed by atoms with Gasteiger partial charge in [-0.3, -0.25) is 4.90 Å². The van der Waals surface area contributed by atoms with E-state index in [0.29, 0.717) is 24.8 Å². The molecule has 1 amide bonds. The van der Waals surface area contributed by atoms with Crippen LogP contribution in [0.5, 0.6) is 0 Å². The zero-order valence-electron chi connectivity index (χ0n) is 14.6. The molecule has 4 atom stereocenters. The van der Waals surface area contributed by atoms with E-state index in [0.717, 1.165) is 18.8 Å². The van der Waals surface area contributed by atoms with Crippen molar-refractivity contribution in [3.05, 3.63) is 42.2 Å². The van der Waals surface area contributed by atoms with Gasteiger partial charge in [0.1, 0.15) is 12.4 Å². The number of hydrogen-bond acceptors (Lipinski definition) is 7. The van der Waals surface area contributed by atoms with Crippen molar-refractivity contribution in [3.8, 4) is 6.07 Å². The van der Waals surface area contributed by atoms with Crippen LogP contribution in [-0.4, -0.2) is 43.5 Å². The van der Waals surface area contributed by atoms with Crippen molar-refractivity contribution >= 4 is 17.6 Å². The highest BCUT2D eigenvalue weighted by Gasteiger charge is 2.68. The molecule has 3 heterocycles. The number of aromatic nitrogens is 1. The van der Waals surface area contributed by atoms with Crippen molar-refractivity contribution in [3.63, 3.8) is 0 Å². The number of hydrogen-bond donors (Lipinski definition) is 2. The Balaban J connectivity index is 1.27. The van der Waals surface area contributed by atoms with Gasteiger partial charge >= 0.3 is 6.09 Å². The highest BCUT2D eigenvalue weighted by Crippen LogP contribution is 2.61. The number of benzene rings is 1. The maximum atomic E-state index is 12.2. The maximum Gasteiger partial charge on any atom is 0.414 e. The van der Waals surface area contributed by atoms with Crippen LogP contribution >= 0.6 is 0 Å². The first-order valence-corrected chi connectivity index (χ1v) is 9.05. The lowest BCUT2D eigenvalue weighted by atomic mass is 9.93. The molecule has 0 bridgehead atoms. The lowest BCUT2D eigenvalue weighted by Gasteiger charge is -2.17. The molecule has 0 spiro atoms. The molecule has 1 aromatic heterocycles. The number of fused-ring (bicyclic) bond motifs is 1. The summed E-state index contributed by atoms with van der Waals surface area (Å²) in [5.74, 6) is 1.11. The van der Waals surface area contributed by atoms with Crippen LogP contribution in [0.2, 0.25) is 0 Å². The number of nitriles is 1. The molecule has 2 aliphatic heterocycles. The lowest BCUT2D eigenvalue weighted by Crippen LogP contribution is -2.27. The summed E-state index contributed by atoms with van der Waals surface area (Å²) in [7, 11) is 0. The van der Waals surface area contributed by atoms with Crippen LogP contribution in [0, 0.1) is 23.2 Å². The fraction of sp³-hybridized carbons (Fsp3) is 0.421. The third kappa shape index (κ3) is 2.46. The van der Waals surface area contributed by atoms with Crippen molar-refractivity contribution in [1.82, 2.24) is 10.5 Å². The molecule has 2 saturated heterocycles. The molecule has 1 saturated carbocycles. The molecule has 0 unspecified atom stereocenters. The second-order valence-corrected chi connectivity index (χ2v) is 7.31. The molecule has 1 aromatic carbocycles. The molecular formula is C19H19N5O3. The summed E-state index contributed by atoms with van der Waals surface area (Å²) in [6, 6.07) is 12.1. The van der Waals surface area contributed by atoms with E-state index in [2.05, 4.69) is 21.9 Å². The lowest BCUT2D eigenvalue weighted by molar-refractivity contribution is 0.147. The van der Waals surface area contributed by atoms with Gasteiger partial charge in [-0.25, -0.2) is 4.79 Å². The summed E-state index contributed by atoms with van der Waals surface area (Å²) in [6.45, 7) is 2.68. The SMILES string of the molecule is N#C[C@@H]1[C@@H]2CNC[C@]12c1ccc(N2C[C@@H](CNc3ccon3)OC2=O)cc1. The molecule has 3 fully saturated rings. The number of nitrogens with one attached hydrogen (secondary N) is 2. The minimum Gasteiger partial charge on any atom is -0.442 e. The fourth-order valence-corrected chi connectivity index (χ4v) is 4.51. The Hall–Kier alpha value is -3.05. The average molecular weight is 365 g/mol. The summed E-state index contributed by atoms with van der Waals surface area (Å²) in [4.78, 5) is 13.9. The Labute approximate surface area is 156 Å². The van der Waals surface area contributed by atoms with E-state index in [1.807, 2.05) is 24.3 Å². The Kier molecular flexibility index (Phi) is 3.58. The van der Waals surface area contributed by atoms with Gasteiger partial charge in [0.15, 0.2) is 5.82 Å². The van der Waals surface area contributed by atoms with Gasteiger partial charge in [-0.1, -0.05) is 17.3 Å². The summed E-state index contributed by atoms with van der Waals surface area (Å²) in [6.07, 6.45) is 0.870. The number of rotatable bonds is 5. The van der Waals surface area contributed by atoms with Crippen molar-refractivity contribution in [1.29, 1.82) is 5.26 Å². The largest absolute Gasteiger partial charge is 0.442 e. The highest BCUT2D eigenvalue weighted by atomic mass is 16.6. The maximum absolute atomic E-state index is 12.2. The first kappa shape index (κ1) is 16.1. The van der Waals surface area contributed by atoms with Gasteiger partial charge in [-0.2, -0.15) is 5.26 Å². The Morgan fingerprint density at radius 1 is 1.37 bits per heavy atom. The van der Waals surface area contributed by atoms with Crippen molar-refractivity contribution in [2.45, 2.75) is 11.5 Å². The van der Waals surface area contributed by atoms with E-state index in [1.54, 1.807) is 11.0 Å². The Morgan fingerprint density at radius 2 is 2.22 bits per heavy atom. The molecule has 2 N–H and O–H groups in total. The summed E-state index contributed by atoms with van der Waals surface area (Å²) >= 11 is 0. The van der Waals surface area contributed by atoms with Crippen LogP contribution in [0.25, 0.3) is 0 Å². The van der Waals surface area contributed by atoms with E-state index in [9.17, 15) is 10.1 Å². The minimum absolute atomic E-state index is 0.0527. The monoisotopic (exact) mass is 365 g/mol. The third-order valence-corrected chi connectivity index (χ3v) is 5.97. The quantitative estimate of drug-likeness (QED) is 0.831. The van der Waals surface area contributed by atoms with Crippen LogP contribution in [0.1, 0.15) is 5.56 Å². The van der Waals surface area contributed by atoms with Crippen LogP contribution in [-0.2, 0) is 10.2 Å². The molecule has 8 nitrogen and oxygen atoms in total. The second-order valence-electron chi connectivity index (χ2n) is 7.31. The van der Waals surface area contributed by atoms with Gasteiger partial charge in [0.25, 0.3) is 0 Å². The van der Waals surface area contributed by atoms with Crippen molar-refractivity contribution in [2.24, 2.45) is 11.8 Å². The number of anilines is 2. The molecule has 1 aliphatic carbocycles. The molecule has 8 heteroatoms. The number of nitrogens with zero attached hydrogens (tertiary/aromatic N) is 3. The number of amides is 1. The highest BCUT2D eigenvalue weighted by molar-refractivity contribution is 5.89. The van der Waals surface area contributed by atoms with E-state index < -0.39 is 0 Å². The number of piperidine rings is 1. The van der Waals surface area contributed by atoms with E-state index in [4.69, 9.17) is 9.26 Å². The Bertz CT molecular complexity index is 891. The predicted molar refractivity (Wildman–Crippen MR) is 96.2 cm³/mol. The second kappa shape index (κ2) is 5.99. The molecule has 3 aliphatic rings. The zero-order valence-corrected chi connectivity index (χ0v) is 14.6. The molecule has 138 valence electrons. The van der Waals surface area contributed by atoms with Crippen LogP contribution in [0.4, 0.5) is 16.3 Å². The minimum atomic E-state index is -0.352. The molecule has 2 aromatic rings. The number of carbonyl (C=O) groups is 1. The van der Waals surface area contributed by atoms with Gasteiger partial charge in [-0.05, 0) is 17.7 Å². The van der Waals surface area contributed by atoms with Crippen LogP contribution in [0.15, 0.2) is 41.1 Å². The van der Waals surface area contributed by atoms with Crippen LogP contribution in [0.3, 0.4) is 0 Å². The molecule has 5 rings (SSSR count). The third-order valence-electron chi connectivity index (χ3n) is 5.97. The van der Waals surface area contributed by atoms with Gasteiger partial charge in [-0.15, -0.1) is 0 Å². The molecule has 0 radical (unpaired) electrons. The number of cyclic esters (lactones) is 1. The average Bonchev–Trinajstić information content (AvgIpc) is 3.19. The smallest absolute Gasteiger partial charge is 0.414 e. The normalized spacial score (nSPS) is 31.3. The van der Waals surface area contributed by atoms with Crippen molar-refractivity contribution < 1.29 is 14.1 Å². The van der Waals surface area contributed by atoms with E-state index in [1.165, 1.54) is 11.8 Å². The van der Waals surface area contributed by atoms with Gasteiger partial charge in [0, 0.05) is 36.2 Å². The topological polar surface area (TPSA) is 103 Å². The first-order valence-electron chi connectivity index (χ1n) is 9.05. The van der Waals surface area contributed by atoms with Crippen molar-refractivity contribution in [2.75, 3.05) is 36.4 Å². The number of carbonyl (C=O) groups excluding carboxylic acids is 1. The van der Waals surface area contributed by atoms with Gasteiger partial charge < -0.3 is 19.9 Å². The molecular weight excluding hydrogens is 346 g/mol. The summed E-state index contributed by atoms with van der Waals surface area (Å²) in [5.41, 5.74) is 1.92. The predicted octanol–water partition coefficient (Wildman–Crippen LogP) is 1.72. The number of ether oxygens (including phenoxy) is 1. The first-order chi connectivity index (χ1) is 13.2. The fourth-order valence-electron chi connectivity index (χ4n) is 4.51. The van der Waals surface area contributed by atoms with E-state index >= 15 is 0 Å². The van der Waals surface area contributed by atoms with Gasteiger partial charge in [0.05, 0.1) is 25.1 Å². The summed E-state index contributed by atoms with van der Waals surface area (Å²) < 4.78 is 10.2. The standard InChI is InChI=1S/C19H19N5O3/c20-7-15-16-9-21-11-19(15,16)12-1-3-13(4-2-12)24-10-14(27-18(24)25)8-22-17-5-6-26-23-17/h1-6,14-16,21H,8-11H2,(H,22,23)/t14-,15-,16+,19+/m1/s1. The molecule has 27 heavy (non-hydrogen) atoms. The van der Waals surface area contributed by atoms with Gasteiger partial charge in [0.2, 0.25) is 0 Å². The summed E-state index contributed by atoms with van der Waals surface area (Å²) in [5, 5.41) is 19.6. The van der Waals surface area contributed by atoms with E-state index in [-0.39, 0.29) is 23.5 Å². The Morgan fingerprint density at radius 3 is 2.93 bits per heavy atom. The zero-order chi connectivity index (χ0) is 18.4. The van der Waals surface area contributed by atoms with Crippen LogP contribution < -0.4 is 15.5 Å².